The van der Waals surface area contributed by atoms with E-state index in [4.69, 9.17) is 0 Å². The van der Waals surface area contributed by atoms with Crippen molar-refractivity contribution in [3.05, 3.63) is 65.7 Å². The van der Waals surface area contributed by atoms with Gasteiger partial charge < -0.3 is 9.88 Å². The van der Waals surface area contributed by atoms with Crippen LogP contribution in [0.4, 0.5) is 8.78 Å². The van der Waals surface area contributed by atoms with Crippen molar-refractivity contribution in [3.8, 4) is 11.4 Å². The number of amides is 1. The highest BCUT2D eigenvalue weighted by Gasteiger charge is 2.23. The fraction of sp³-hybridized carbons (Fsp3) is 0.348. The molecule has 0 fully saturated rings. The van der Waals surface area contributed by atoms with Crippen molar-refractivity contribution < 1.29 is 13.6 Å². The predicted octanol–water partition coefficient (Wildman–Crippen LogP) is 5.24. The SMILES string of the molecule is CC(C)Cn1c(SC(C)C(=O)NC(C)c2ccc(F)cc2)nnc1-c1ccccc1F. The molecular weight excluding hydrogens is 418 g/mol. The Morgan fingerprint density at radius 2 is 1.71 bits per heavy atom. The second-order valence-electron chi connectivity index (χ2n) is 7.83. The summed E-state index contributed by atoms with van der Waals surface area (Å²) in [6, 6.07) is 12.2. The summed E-state index contributed by atoms with van der Waals surface area (Å²) < 4.78 is 29.3. The summed E-state index contributed by atoms with van der Waals surface area (Å²) in [7, 11) is 0. The third-order valence-electron chi connectivity index (χ3n) is 4.76. The summed E-state index contributed by atoms with van der Waals surface area (Å²) in [4.78, 5) is 12.7. The first-order chi connectivity index (χ1) is 14.8. The first-order valence-corrected chi connectivity index (χ1v) is 11.0. The van der Waals surface area contributed by atoms with Gasteiger partial charge in [-0.25, -0.2) is 8.78 Å². The van der Waals surface area contributed by atoms with E-state index in [9.17, 15) is 13.6 Å². The summed E-state index contributed by atoms with van der Waals surface area (Å²) in [6.07, 6.45) is 0. The number of benzene rings is 2. The van der Waals surface area contributed by atoms with E-state index in [-0.39, 0.29) is 29.5 Å². The fourth-order valence-electron chi connectivity index (χ4n) is 3.12. The summed E-state index contributed by atoms with van der Waals surface area (Å²) in [5.41, 5.74) is 1.20. The van der Waals surface area contributed by atoms with Gasteiger partial charge in [0.05, 0.1) is 16.9 Å². The van der Waals surface area contributed by atoms with Gasteiger partial charge in [0.25, 0.3) is 0 Å². The number of carbonyl (C=O) groups excluding carboxylic acids is 1. The average molecular weight is 445 g/mol. The molecule has 31 heavy (non-hydrogen) atoms. The summed E-state index contributed by atoms with van der Waals surface area (Å²) in [5, 5.41) is 11.5. The van der Waals surface area contributed by atoms with E-state index in [2.05, 4.69) is 29.4 Å². The van der Waals surface area contributed by atoms with Gasteiger partial charge in [0.15, 0.2) is 11.0 Å². The zero-order valence-electron chi connectivity index (χ0n) is 18.0. The molecule has 0 aliphatic heterocycles. The summed E-state index contributed by atoms with van der Waals surface area (Å²) >= 11 is 1.28. The molecule has 0 aliphatic carbocycles. The van der Waals surface area contributed by atoms with Gasteiger partial charge in [-0.1, -0.05) is 49.9 Å². The quantitative estimate of drug-likeness (QED) is 0.483. The Balaban J connectivity index is 1.77. The molecule has 5 nitrogen and oxygen atoms in total. The Labute approximate surface area is 185 Å². The monoisotopic (exact) mass is 444 g/mol. The highest BCUT2D eigenvalue weighted by molar-refractivity contribution is 8.00. The Hall–Kier alpha value is -2.74. The number of hydrogen-bond acceptors (Lipinski definition) is 4. The lowest BCUT2D eigenvalue weighted by molar-refractivity contribution is -0.120. The summed E-state index contributed by atoms with van der Waals surface area (Å²) in [6.45, 7) is 8.34. The third-order valence-corrected chi connectivity index (χ3v) is 5.84. The molecule has 0 aliphatic rings. The molecule has 2 aromatic carbocycles. The lowest BCUT2D eigenvalue weighted by Gasteiger charge is -2.18. The van der Waals surface area contributed by atoms with Gasteiger partial charge in [-0.15, -0.1) is 10.2 Å². The molecule has 0 radical (unpaired) electrons. The van der Waals surface area contributed by atoms with Gasteiger partial charge >= 0.3 is 0 Å². The molecule has 0 saturated heterocycles. The van der Waals surface area contributed by atoms with Gasteiger partial charge in [-0.05, 0) is 49.6 Å². The standard InChI is InChI=1S/C23H26F2N4OS/c1-14(2)13-29-21(19-7-5-6-8-20(19)25)27-28-23(29)31-16(4)22(30)26-15(3)17-9-11-18(24)12-10-17/h5-12,14-16H,13H2,1-4H3,(H,26,30). The van der Waals surface area contributed by atoms with Crippen molar-refractivity contribution in [2.45, 2.75) is 50.7 Å². The maximum Gasteiger partial charge on any atom is 0.233 e. The first kappa shape index (κ1) is 22.9. The number of rotatable bonds is 8. The first-order valence-electron chi connectivity index (χ1n) is 10.2. The van der Waals surface area contributed by atoms with Crippen LogP contribution in [0, 0.1) is 17.6 Å². The molecule has 1 N–H and O–H groups in total. The van der Waals surface area contributed by atoms with Crippen LogP contribution in [0.25, 0.3) is 11.4 Å². The number of halogens is 2. The van der Waals surface area contributed by atoms with Crippen molar-refractivity contribution in [2.75, 3.05) is 0 Å². The number of aromatic nitrogens is 3. The number of nitrogens with zero attached hydrogens (tertiary/aromatic N) is 3. The van der Waals surface area contributed by atoms with E-state index in [0.717, 1.165) is 5.56 Å². The zero-order chi connectivity index (χ0) is 22.5. The molecule has 0 spiro atoms. The second kappa shape index (κ2) is 10.0. The van der Waals surface area contributed by atoms with Crippen molar-refractivity contribution >= 4 is 17.7 Å². The van der Waals surface area contributed by atoms with Crippen LogP contribution >= 0.6 is 11.8 Å². The van der Waals surface area contributed by atoms with Gasteiger partial charge in [0.1, 0.15) is 11.6 Å². The van der Waals surface area contributed by atoms with E-state index < -0.39 is 5.25 Å². The average Bonchev–Trinajstić information content (AvgIpc) is 3.10. The van der Waals surface area contributed by atoms with Crippen molar-refractivity contribution in [1.29, 1.82) is 0 Å². The molecule has 0 saturated carbocycles. The molecule has 1 amide bonds. The van der Waals surface area contributed by atoms with Crippen molar-refractivity contribution in [1.82, 2.24) is 20.1 Å². The lowest BCUT2D eigenvalue weighted by Crippen LogP contribution is -2.33. The second-order valence-corrected chi connectivity index (χ2v) is 9.14. The van der Waals surface area contributed by atoms with Crippen LogP contribution in [0.15, 0.2) is 53.7 Å². The maximum absolute atomic E-state index is 14.3. The number of thioether (sulfide) groups is 1. The minimum Gasteiger partial charge on any atom is -0.349 e. The predicted molar refractivity (Wildman–Crippen MR) is 119 cm³/mol. The van der Waals surface area contributed by atoms with Gasteiger partial charge in [0.2, 0.25) is 5.91 Å². The van der Waals surface area contributed by atoms with Crippen molar-refractivity contribution in [2.24, 2.45) is 5.92 Å². The van der Waals surface area contributed by atoms with Gasteiger partial charge in [-0.2, -0.15) is 0 Å². The van der Waals surface area contributed by atoms with Crippen LogP contribution in [0.2, 0.25) is 0 Å². The molecule has 1 heterocycles. The molecular formula is C23H26F2N4OS. The Bertz CT molecular complexity index is 1040. The van der Waals surface area contributed by atoms with Crippen LogP contribution in [0.3, 0.4) is 0 Å². The number of hydrogen-bond donors (Lipinski definition) is 1. The fourth-order valence-corrected chi connectivity index (χ4v) is 3.99. The lowest BCUT2D eigenvalue weighted by atomic mass is 10.1. The van der Waals surface area contributed by atoms with Crippen LogP contribution in [-0.4, -0.2) is 25.9 Å². The highest BCUT2D eigenvalue weighted by atomic mass is 32.2. The van der Waals surface area contributed by atoms with Crippen molar-refractivity contribution in [3.63, 3.8) is 0 Å². The Morgan fingerprint density at radius 1 is 1.03 bits per heavy atom. The van der Waals surface area contributed by atoms with Crippen LogP contribution in [0.1, 0.15) is 39.3 Å². The van der Waals surface area contributed by atoms with E-state index in [1.807, 2.05) is 11.5 Å². The Morgan fingerprint density at radius 3 is 2.35 bits per heavy atom. The minimum absolute atomic E-state index is 0.173. The number of nitrogens with one attached hydrogen (secondary N) is 1. The topological polar surface area (TPSA) is 59.8 Å². The molecule has 164 valence electrons. The van der Waals surface area contributed by atoms with Crippen LogP contribution in [0.5, 0.6) is 0 Å². The van der Waals surface area contributed by atoms with E-state index in [0.29, 0.717) is 23.1 Å². The Kier molecular flexibility index (Phi) is 7.43. The minimum atomic E-state index is -0.452. The van der Waals surface area contributed by atoms with Gasteiger partial charge in [0, 0.05) is 6.54 Å². The van der Waals surface area contributed by atoms with Gasteiger partial charge in [-0.3, -0.25) is 4.79 Å². The smallest absolute Gasteiger partial charge is 0.233 e. The van der Waals surface area contributed by atoms with Crippen LogP contribution in [-0.2, 0) is 11.3 Å². The third kappa shape index (κ3) is 5.70. The highest BCUT2D eigenvalue weighted by Crippen LogP contribution is 2.29. The van der Waals surface area contributed by atoms with E-state index in [1.165, 1.54) is 30.0 Å². The molecule has 8 heteroatoms. The molecule has 3 rings (SSSR count). The summed E-state index contributed by atoms with van der Waals surface area (Å²) in [5.74, 6) is -0.129. The number of carbonyl (C=O) groups is 1. The molecule has 3 aromatic rings. The van der Waals surface area contributed by atoms with E-state index in [1.54, 1.807) is 37.3 Å². The molecule has 2 atom stereocenters. The van der Waals surface area contributed by atoms with E-state index >= 15 is 0 Å². The normalized spacial score (nSPS) is 13.3. The molecule has 2 unspecified atom stereocenters. The molecule has 0 bridgehead atoms. The molecule has 1 aromatic heterocycles. The maximum atomic E-state index is 14.3. The largest absolute Gasteiger partial charge is 0.349 e. The zero-order valence-corrected chi connectivity index (χ0v) is 18.8. The van der Waals surface area contributed by atoms with Crippen LogP contribution < -0.4 is 5.32 Å².